The van der Waals surface area contributed by atoms with Crippen molar-refractivity contribution in [2.24, 2.45) is 0 Å². The number of rotatable bonds is 6. The second-order valence-corrected chi connectivity index (χ2v) is 19.5. The van der Waals surface area contributed by atoms with Crippen LogP contribution in [0.5, 0.6) is 0 Å². The van der Waals surface area contributed by atoms with Gasteiger partial charge in [0.1, 0.15) is 8.07 Å². The molecule has 0 unspecified atom stereocenters. The molecule has 0 spiro atoms. The zero-order valence-corrected chi connectivity index (χ0v) is 18.6. The van der Waals surface area contributed by atoms with E-state index >= 15 is 0 Å². The van der Waals surface area contributed by atoms with E-state index in [1.165, 1.54) is 0 Å². The van der Waals surface area contributed by atoms with Crippen molar-refractivity contribution in [3.8, 4) is 0 Å². The Morgan fingerprint density at radius 1 is 0.909 bits per heavy atom. The predicted octanol–water partition coefficient (Wildman–Crippen LogP) is 5.73. The van der Waals surface area contributed by atoms with E-state index in [0.717, 1.165) is 5.38 Å². The lowest BCUT2D eigenvalue weighted by Crippen LogP contribution is -2.44. The molecule has 22 heavy (non-hydrogen) atoms. The molecule has 0 saturated heterocycles. The smallest absolute Gasteiger partial charge is 0.414 e. The van der Waals surface area contributed by atoms with Crippen molar-refractivity contribution in [2.75, 3.05) is 0 Å². The minimum Gasteiger partial charge on any atom is -0.420 e. The molecule has 0 aromatic rings. The molecule has 0 heterocycles. The van der Waals surface area contributed by atoms with Crippen LogP contribution in [0.4, 0.5) is 4.79 Å². The maximum absolute atomic E-state index is 12.6. The molecule has 0 aliphatic rings. The fourth-order valence-electron chi connectivity index (χ4n) is 2.08. The molecule has 0 aromatic heterocycles. The molecule has 3 nitrogen and oxygen atoms in total. The Labute approximate surface area is 140 Å². The molecule has 0 aliphatic carbocycles. The van der Waals surface area contributed by atoms with Crippen LogP contribution >= 0.6 is 0 Å². The summed E-state index contributed by atoms with van der Waals surface area (Å²) in [6.07, 6.45) is 2.02. The Kier molecular flexibility index (Phi) is 7.62. The first kappa shape index (κ1) is 21.4. The second-order valence-electron chi connectivity index (χ2n) is 8.90. The van der Waals surface area contributed by atoms with Gasteiger partial charge in [-0.1, -0.05) is 52.3 Å². The predicted molar refractivity (Wildman–Crippen MR) is 103 cm³/mol. The Morgan fingerprint density at radius 3 is 1.59 bits per heavy atom. The first-order valence-corrected chi connectivity index (χ1v) is 15.5. The van der Waals surface area contributed by atoms with Gasteiger partial charge in [0, 0.05) is 12.1 Å². The van der Waals surface area contributed by atoms with E-state index in [2.05, 4.69) is 52.3 Å². The summed E-state index contributed by atoms with van der Waals surface area (Å²) < 4.78 is 5.90. The summed E-state index contributed by atoms with van der Waals surface area (Å²) in [6, 6.07) is 0.287. The Hall–Kier alpha value is -0.556. The van der Waals surface area contributed by atoms with Gasteiger partial charge in [0.25, 0.3) is 0 Å². The maximum Gasteiger partial charge on any atom is 0.414 e. The number of carbonyl (C=O) groups is 1. The molecule has 1 amide bonds. The molecule has 1 atom stereocenters. The van der Waals surface area contributed by atoms with Crippen molar-refractivity contribution in [3.63, 3.8) is 0 Å². The van der Waals surface area contributed by atoms with Crippen LogP contribution in [0.15, 0.2) is 11.5 Å². The largest absolute Gasteiger partial charge is 0.420 e. The summed E-state index contributed by atoms with van der Waals surface area (Å²) in [5, 5.41) is 0.929. The van der Waals surface area contributed by atoms with E-state index < -0.39 is 16.1 Å². The van der Waals surface area contributed by atoms with Crippen LogP contribution in [0, 0.1) is 0 Å². The van der Waals surface area contributed by atoms with Gasteiger partial charge in [0.05, 0.1) is 13.5 Å². The van der Waals surface area contributed by atoms with E-state index in [1.54, 1.807) is 0 Å². The van der Waals surface area contributed by atoms with Gasteiger partial charge in [-0.2, -0.15) is 0 Å². The average Bonchev–Trinajstić information content (AvgIpc) is 2.23. The lowest BCUT2D eigenvalue weighted by atomic mass is 10.2. The molecule has 130 valence electrons. The lowest BCUT2D eigenvalue weighted by Gasteiger charge is -2.32. The number of carbonyl (C=O) groups excluding carboxylic acids is 1. The van der Waals surface area contributed by atoms with E-state index in [-0.39, 0.29) is 18.2 Å². The van der Waals surface area contributed by atoms with Crippen LogP contribution in [-0.2, 0) is 4.74 Å². The highest BCUT2D eigenvalue weighted by atomic mass is 28.3. The SMILES string of the molecule is CC(C)N(C(=O)O/C(=C/[C@H](C)[Si](C)(C)C)[Si](C)(C)C)C(C)C. The van der Waals surface area contributed by atoms with Crippen molar-refractivity contribution < 1.29 is 9.53 Å². The molecule has 0 aliphatic heterocycles. The number of ether oxygens (including phenoxy) is 1. The molecule has 0 N–H and O–H groups in total. The van der Waals surface area contributed by atoms with Gasteiger partial charge in [-0.25, -0.2) is 4.79 Å². The quantitative estimate of drug-likeness (QED) is 0.455. The van der Waals surface area contributed by atoms with Crippen molar-refractivity contribution in [1.82, 2.24) is 4.90 Å². The first-order valence-electron chi connectivity index (χ1n) is 8.40. The fourth-order valence-corrected chi connectivity index (χ4v) is 4.04. The normalized spacial score (nSPS) is 15.2. The van der Waals surface area contributed by atoms with E-state index in [0.29, 0.717) is 5.54 Å². The number of amides is 1. The minimum atomic E-state index is -1.69. The summed E-state index contributed by atoms with van der Waals surface area (Å²) in [4.78, 5) is 14.4. The highest BCUT2D eigenvalue weighted by Gasteiger charge is 2.31. The van der Waals surface area contributed by atoms with Gasteiger partial charge < -0.3 is 9.64 Å². The number of nitrogens with zero attached hydrogens (tertiary/aromatic N) is 1. The highest BCUT2D eigenvalue weighted by molar-refractivity contribution is 6.83. The van der Waals surface area contributed by atoms with Gasteiger partial charge in [-0.3, -0.25) is 0 Å². The van der Waals surface area contributed by atoms with Gasteiger partial charge in [-0.15, -0.1) is 0 Å². The van der Waals surface area contributed by atoms with Crippen LogP contribution in [0.1, 0.15) is 34.6 Å². The van der Waals surface area contributed by atoms with Crippen molar-refractivity contribution >= 4 is 22.2 Å². The number of allylic oxidation sites excluding steroid dienone is 1. The van der Waals surface area contributed by atoms with Crippen LogP contribution < -0.4 is 0 Å². The second kappa shape index (κ2) is 7.82. The number of hydrogen-bond donors (Lipinski definition) is 0. The summed E-state index contributed by atoms with van der Waals surface area (Å²) >= 11 is 0. The zero-order valence-electron chi connectivity index (χ0n) is 16.6. The van der Waals surface area contributed by atoms with Gasteiger partial charge >= 0.3 is 6.09 Å². The molecule has 0 saturated carbocycles. The summed E-state index contributed by atoms with van der Waals surface area (Å²) in [5.41, 5.74) is 0.494. The summed E-state index contributed by atoms with van der Waals surface area (Å²) in [6.45, 7) is 24.1. The molecular formula is C17H37NO2Si2. The third-order valence-electron chi connectivity index (χ3n) is 4.03. The fraction of sp³-hybridized carbons (Fsp3) is 0.824. The van der Waals surface area contributed by atoms with Crippen molar-refractivity contribution in [2.45, 2.75) is 91.5 Å². The van der Waals surface area contributed by atoms with Crippen molar-refractivity contribution in [3.05, 3.63) is 11.5 Å². The van der Waals surface area contributed by atoms with Crippen LogP contribution in [0.25, 0.3) is 0 Å². The molecule has 0 bridgehead atoms. The topological polar surface area (TPSA) is 29.5 Å². The summed E-state index contributed by atoms with van der Waals surface area (Å²) in [5.74, 6) is 0. The van der Waals surface area contributed by atoms with Gasteiger partial charge in [0.2, 0.25) is 0 Å². The third-order valence-corrected chi connectivity index (χ3v) is 8.67. The highest BCUT2D eigenvalue weighted by Crippen LogP contribution is 2.28. The monoisotopic (exact) mass is 343 g/mol. The molecule has 0 fully saturated rings. The Balaban J connectivity index is 5.43. The number of hydrogen-bond acceptors (Lipinski definition) is 2. The van der Waals surface area contributed by atoms with E-state index in [9.17, 15) is 4.79 Å². The Bertz CT molecular complexity index is 396. The van der Waals surface area contributed by atoms with E-state index in [4.69, 9.17) is 4.74 Å². The average molecular weight is 344 g/mol. The van der Waals surface area contributed by atoms with Crippen LogP contribution in [-0.4, -0.2) is 39.2 Å². The lowest BCUT2D eigenvalue weighted by molar-refractivity contribution is 0.105. The van der Waals surface area contributed by atoms with E-state index in [1.807, 2.05) is 32.6 Å². The standard InChI is InChI=1S/C17H37NO2Si2/c1-13(2)18(14(3)4)17(19)20-16(22(9,10)11)12-15(5)21(6,7)8/h12-15H,1-11H3/b16-12-/t15-/m0/s1. The third kappa shape index (κ3) is 6.69. The summed E-state index contributed by atoms with van der Waals surface area (Å²) in [7, 11) is -2.98. The Morgan fingerprint density at radius 2 is 1.32 bits per heavy atom. The molecule has 0 aromatic carbocycles. The molecule has 0 rings (SSSR count). The first-order chi connectivity index (χ1) is 9.67. The van der Waals surface area contributed by atoms with Crippen molar-refractivity contribution in [1.29, 1.82) is 0 Å². The zero-order chi connectivity index (χ0) is 17.9. The van der Waals surface area contributed by atoms with Crippen LogP contribution in [0.3, 0.4) is 0 Å². The molecule has 0 radical (unpaired) electrons. The molecule has 5 heteroatoms. The van der Waals surface area contributed by atoms with Gasteiger partial charge in [0.15, 0.2) is 0 Å². The maximum atomic E-state index is 12.6. The minimum absolute atomic E-state index is 0.143. The molecular weight excluding hydrogens is 306 g/mol. The van der Waals surface area contributed by atoms with Crippen LogP contribution in [0.2, 0.25) is 44.8 Å². The van der Waals surface area contributed by atoms with Gasteiger partial charge in [-0.05, 0) is 33.2 Å².